The van der Waals surface area contributed by atoms with Crippen LogP contribution in [0.1, 0.15) is 23.7 Å². The molecule has 160 valence electrons. The molecule has 0 spiro atoms. The Labute approximate surface area is 176 Å². The Bertz CT molecular complexity index is 922. The minimum atomic E-state index is -0.819. The van der Waals surface area contributed by atoms with Crippen molar-refractivity contribution in [3.63, 3.8) is 0 Å². The standard InChI is InChI=1S/C23H28N2O5/c1-23(15-29-18-6-4-16(5-7-18)24(2)3)14-20(27)22-19(26)12-17(13-21(22)30-23)25-8-10-28-11-9-25/h4-7,12-13,26H,8-11,14-15H2,1-3H3. The Kier molecular flexibility index (Phi) is 5.47. The van der Waals surface area contributed by atoms with Crippen LogP contribution in [-0.2, 0) is 4.74 Å². The number of carbonyl (C=O) groups excluding carboxylic acids is 1. The number of Topliss-reactive ketones (excluding diaryl/α,β-unsaturated/α-hetero) is 1. The molecule has 1 fully saturated rings. The van der Waals surface area contributed by atoms with Crippen LogP contribution in [0, 0.1) is 0 Å². The lowest BCUT2D eigenvalue weighted by Crippen LogP contribution is -2.44. The fourth-order valence-electron chi connectivity index (χ4n) is 3.84. The van der Waals surface area contributed by atoms with E-state index < -0.39 is 5.60 Å². The van der Waals surface area contributed by atoms with Gasteiger partial charge in [0.05, 0.1) is 19.6 Å². The molecule has 2 aliphatic heterocycles. The van der Waals surface area contributed by atoms with E-state index in [4.69, 9.17) is 14.2 Å². The summed E-state index contributed by atoms with van der Waals surface area (Å²) in [7, 11) is 3.97. The first kappa shape index (κ1) is 20.3. The number of rotatable bonds is 5. The van der Waals surface area contributed by atoms with Crippen molar-refractivity contribution in [3.8, 4) is 17.2 Å². The number of nitrogens with zero attached hydrogens (tertiary/aromatic N) is 2. The van der Waals surface area contributed by atoms with Gasteiger partial charge in [0.25, 0.3) is 0 Å². The van der Waals surface area contributed by atoms with E-state index in [0.29, 0.717) is 24.7 Å². The molecule has 2 aliphatic rings. The van der Waals surface area contributed by atoms with Gasteiger partial charge in [0, 0.05) is 50.7 Å². The van der Waals surface area contributed by atoms with Crippen molar-refractivity contribution in [1.29, 1.82) is 0 Å². The summed E-state index contributed by atoms with van der Waals surface area (Å²) < 4.78 is 17.6. The molecule has 1 atom stereocenters. The summed E-state index contributed by atoms with van der Waals surface area (Å²) >= 11 is 0. The third kappa shape index (κ3) is 4.16. The van der Waals surface area contributed by atoms with Crippen molar-refractivity contribution in [3.05, 3.63) is 42.0 Å². The molecule has 1 saturated heterocycles. The molecule has 0 bridgehead atoms. The van der Waals surface area contributed by atoms with E-state index in [2.05, 4.69) is 4.90 Å². The number of morpholine rings is 1. The minimum Gasteiger partial charge on any atom is -0.507 e. The molecular formula is C23H28N2O5. The lowest BCUT2D eigenvalue weighted by atomic mass is 9.91. The summed E-state index contributed by atoms with van der Waals surface area (Å²) in [6, 6.07) is 11.2. The van der Waals surface area contributed by atoms with Crippen LogP contribution in [0.5, 0.6) is 17.2 Å². The van der Waals surface area contributed by atoms with E-state index in [9.17, 15) is 9.90 Å². The van der Waals surface area contributed by atoms with Gasteiger partial charge < -0.3 is 29.1 Å². The molecule has 0 aliphatic carbocycles. The van der Waals surface area contributed by atoms with Crippen LogP contribution in [0.3, 0.4) is 0 Å². The number of aromatic hydroxyl groups is 1. The van der Waals surface area contributed by atoms with Gasteiger partial charge in [0.1, 0.15) is 35.0 Å². The Balaban J connectivity index is 1.52. The molecule has 1 unspecified atom stereocenters. The Morgan fingerprint density at radius 1 is 1.17 bits per heavy atom. The van der Waals surface area contributed by atoms with Crippen molar-refractivity contribution < 1.29 is 24.1 Å². The number of ether oxygens (including phenoxy) is 3. The number of anilines is 2. The second-order valence-corrected chi connectivity index (χ2v) is 8.27. The van der Waals surface area contributed by atoms with Crippen LogP contribution in [0.4, 0.5) is 11.4 Å². The van der Waals surface area contributed by atoms with Crippen molar-refractivity contribution >= 4 is 17.2 Å². The second kappa shape index (κ2) is 8.07. The number of hydrogen-bond acceptors (Lipinski definition) is 7. The zero-order chi connectivity index (χ0) is 21.3. The number of phenols is 1. The highest BCUT2D eigenvalue weighted by atomic mass is 16.5. The first-order valence-electron chi connectivity index (χ1n) is 10.2. The fraction of sp³-hybridized carbons (Fsp3) is 0.435. The first-order valence-corrected chi connectivity index (χ1v) is 10.2. The number of benzene rings is 2. The monoisotopic (exact) mass is 412 g/mol. The molecule has 0 radical (unpaired) electrons. The smallest absolute Gasteiger partial charge is 0.174 e. The van der Waals surface area contributed by atoms with E-state index in [1.807, 2.05) is 56.3 Å². The van der Waals surface area contributed by atoms with Gasteiger partial charge in [-0.2, -0.15) is 0 Å². The maximum Gasteiger partial charge on any atom is 0.174 e. The molecule has 7 nitrogen and oxygen atoms in total. The maximum absolute atomic E-state index is 12.8. The highest BCUT2D eigenvalue weighted by Crippen LogP contribution is 2.41. The molecule has 1 N–H and O–H groups in total. The highest BCUT2D eigenvalue weighted by molar-refractivity contribution is 6.03. The van der Waals surface area contributed by atoms with Gasteiger partial charge in [0.15, 0.2) is 5.78 Å². The lowest BCUT2D eigenvalue weighted by molar-refractivity contribution is 0.0186. The Hall–Kier alpha value is -2.93. The van der Waals surface area contributed by atoms with Crippen molar-refractivity contribution in [2.75, 3.05) is 56.8 Å². The molecule has 0 aromatic heterocycles. The van der Waals surface area contributed by atoms with Crippen LogP contribution in [0.2, 0.25) is 0 Å². The normalized spacial score (nSPS) is 21.0. The largest absolute Gasteiger partial charge is 0.507 e. The SMILES string of the molecule is CN(C)c1ccc(OCC2(C)CC(=O)c3c(O)cc(N4CCOCC4)cc3O2)cc1. The summed E-state index contributed by atoms with van der Waals surface area (Å²) in [6.45, 7) is 4.82. The summed E-state index contributed by atoms with van der Waals surface area (Å²) in [5.41, 5.74) is 1.34. The summed E-state index contributed by atoms with van der Waals surface area (Å²) in [5.74, 6) is 0.938. The van der Waals surface area contributed by atoms with E-state index >= 15 is 0 Å². The number of phenolic OH excluding ortho intramolecular Hbond substituents is 1. The van der Waals surface area contributed by atoms with E-state index in [1.165, 1.54) is 0 Å². The van der Waals surface area contributed by atoms with Crippen molar-refractivity contribution in [1.82, 2.24) is 0 Å². The molecule has 4 rings (SSSR count). The van der Waals surface area contributed by atoms with Gasteiger partial charge in [-0.1, -0.05) is 0 Å². The highest BCUT2D eigenvalue weighted by Gasteiger charge is 2.39. The summed E-state index contributed by atoms with van der Waals surface area (Å²) in [5, 5.41) is 10.5. The average Bonchev–Trinajstić information content (AvgIpc) is 2.72. The molecule has 7 heteroatoms. The van der Waals surface area contributed by atoms with Gasteiger partial charge >= 0.3 is 0 Å². The van der Waals surface area contributed by atoms with Crippen LogP contribution < -0.4 is 19.3 Å². The molecular weight excluding hydrogens is 384 g/mol. The van der Waals surface area contributed by atoms with Gasteiger partial charge in [-0.3, -0.25) is 4.79 Å². The molecule has 2 aromatic rings. The predicted octanol–water partition coefficient (Wildman–Crippen LogP) is 3.10. The van der Waals surface area contributed by atoms with E-state index in [-0.39, 0.29) is 30.1 Å². The van der Waals surface area contributed by atoms with Crippen LogP contribution in [-0.4, -0.2) is 63.5 Å². The van der Waals surface area contributed by atoms with Crippen LogP contribution in [0.25, 0.3) is 0 Å². The Morgan fingerprint density at radius 2 is 1.87 bits per heavy atom. The quantitative estimate of drug-likeness (QED) is 0.809. The van der Waals surface area contributed by atoms with Gasteiger partial charge in [-0.25, -0.2) is 0 Å². The van der Waals surface area contributed by atoms with Gasteiger partial charge in [-0.15, -0.1) is 0 Å². The number of ketones is 1. The average molecular weight is 412 g/mol. The topological polar surface area (TPSA) is 71.5 Å². The fourth-order valence-corrected chi connectivity index (χ4v) is 3.84. The van der Waals surface area contributed by atoms with Crippen LogP contribution in [0.15, 0.2) is 36.4 Å². The van der Waals surface area contributed by atoms with E-state index in [0.717, 1.165) is 24.5 Å². The third-order valence-electron chi connectivity index (χ3n) is 5.51. The number of fused-ring (bicyclic) bond motifs is 1. The zero-order valence-corrected chi connectivity index (χ0v) is 17.7. The molecule has 2 aromatic carbocycles. The van der Waals surface area contributed by atoms with Crippen LogP contribution >= 0.6 is 0 Å². The molecule has 2 heterocycles. The maximum atomic E-state index is 12.8. The predicted molar refractivity (Wildman–Crippen MR) is 115 cm³/mol. The van der Waals surface area contributed by atoms with Crippen molar-refractivity contribution in [2.24, 2.45) is 0 Å². The second-order valence-electron chi connectivity index (χ2n) is 8.27. The van der Waals surface area contributed by atoms with Gasteiger partial charge in [0.2, 0.25) is 0 Å². The third-order valence-corrected chi connectivity index (χ3v) is 5.51. The molecule has 30 heavy (non-hydrogen) atoms. The minimum absolute atomic E-state index is 0.0405. The first-order chi connectivity index (χ1) is 14.3. The van der Waals surface area contributed by atoms with Crippen molar-refractivity contribution in [2.45, 2.75) is 18.9 Å². The molecule has 0 amide bonds. The lowest BCUT2D eigenvalue weighted by Gasteiger charge is -2.36. The zero-order valence-electron chi connectivity index (χ0n) is 17.7. The van der Waals surface area contributed by atoms with E-state index in [1.54, 1.807) is 6.07 Å². The van der Waals surface area contributed by atoms with Gasteiger partial charge in [-0.05, 0) is 31.2 Å². The number of carbonyl (C=O) groups is 1. The number of hydrogen-bond donors (Lipinski definition) is 1. The molecule has 0 saturated carbocycles. The summed E-state index contributed by atoms with van der Waals surface area (Å²) in [4.78, 5) is 16.9. The Morgan fingerprint density at radius 3 is 2.53 bits per heavy atom. The summed E-state index contributed by atoms with van der Waals surface area (Å²) in [6.07, 6.45) is 0.139.